The van der Waals surface area contributed by atoms with Gasteiger partial charge in [0, 0.05) is 81.8 Å². The van der Waals surface area contributed by atoms with Gasteiger partial charge in [-0.1, -0.05) is 144 Å². The van der Waals surface area contributed by atoms with E-state index in [9.17, 15) is 76.7 Å². The molecule has 0 heterocycles. The van der Waals surface area contributed by atoms with Crippen LogP contribution in [0.2, 0.25) is 0 Å². The van der Waals surface area contributed by atoms with E-state index < -0.39 is 18.3 Å². The van der Waals surface area contributed by atoms with Crippen LogP contribution in [0.4, 0.5) is 0 Å². The number of carbonyl (C=O) groups excluding carboxylic acids is 16. The summed E-state index contributed by atoms with van der Waals surface area (Å²) in [6.07, 6.45) is 15.0. The van der Waals surface area contributed by atoms with Crippen LogP contribution < -0.4 is 0 Å². The Labute approximate surface area is 662 Å². The molecular weight excluding hydrogens is 1440 g/mol. The number of carbonyl (C=O) groups is 16. The maximum Gasteiger partial charge on any atom is 0.308 e. The molecule has 26 nitrogen and oxygen atoms in total. The van der Waals surface area contributed by atoms with Crippen LogP contribution in [0.25, 0.3) is 0 Å². The van der Waals surface area contributed by atoms with Gasteiger partial charge in [-0.2, -0.15) is 0 Å². The van der Waals surface area contributed by atoms with Gasteiger partial charge < -0.3 is 47.4 Å². The van der Waals surface area contributed by atoms with Gasteiger partial charge >= 0.3 is 59.7 Å². The molecule has 111 heavy (non-hydrogen) atoms. The van der Waals surface area contributed by atoms with Crippen molar-refractivity contribution in [2.24, 2.45) is 11.8 Å². The molecular formula is C85H138O26. The molecule has 26 heteroatoms. The van der Waals surface area contributed by atoms with Crippen molar-refractivity contribution in [1.29, 1.82) is 0 Å². The van der Waals surface area contributed by atoms with Crippen LogP contribution in [0, 0.1) is 11.8 Å². The van der Waals surface area contributed by atoms with E-state index in [-0.39, 0.29) is 126 Å². The summed E-state index contributed by atoms with van der Waals surface area (Å²) in [5.41, 5.74) is 1.14. The van der Waals surface area contributed by atoms with Crippen LogP contribution in [-0.2, 0) is 114 Å². The molecule has 634 valence electrons. The predicted octanol–water partition coefficient (Wildman–Crippen LogP) is 16.2. The van der Waals surface area contributed by atoms with Crippen molar-refractivity contribution in [3.8, 4) is 0 Å². The maximum atomic E-state index is 11.8. The first-order valence-corrected chi connectivity index (χ1v) is 39.5. The van der Waals surface area contributed by atoms with Crippen LogP contribution in [0.15, 0.2) is 60.7 Å². The average molecular weight is 1580 g/mol. The molecule has 4 atom stereocenters. The summed E-state index contributed by atoms with van der Waals surface area (Å²) < 4.78 is 47.9. The zero-order valence-corrected chi connectivity index (χ0v) is 70.8. The van der Waals surface area contributed by atoms with E-state index in [1.807, 2.05) is 130 Å². The van der Waals surface area contributed by atoms with Crippen LogP contribution in [0.5, 0.6) is 0 Å². The number of hydrogen-bond acceptors (Lipinski definition) is 26. The lowest BCUT2D eigenvalue weighted by Crippen LogP contribution is -2.29. The van der Waals surface area contributed by atoms with Crippen LogP contribution in [-0.4, -0.2) is 158 Å². The average Bonchev–Trinajstić information content (AvgIpc) is 1.86. The van der Waals surface area contributed by atoms with Gasteiger partial charge in [-0.3, -0.25) is 76.7 Å². The summed E-state index contributed by atoms with van der Waals surface area (Å²) in [7, 11) is 0. The van der Waals surface area contributed by atoms with Gasteiger partial charge in [0.25, 0.3) is 0 Å². The smallest absolute Gasteiger partial charge is 0.308 e. The molecule has 0 spiro atoms. The zero-order chi connectivity index (χ0) is 85.9. The Morgan fingerprint density at radius 2 is 0.703 bits per heavy atom. The van der Waals surface area contributed by atoms with Gasteiger partial charge in [0.1, 0.15) is 13.2 Å². The largest absolute Gasteiger partial charge is 0.466 e. The number of benzene rings is 2. The normalized spacial score (nSPS) is 13.0. The summed E-state index contributed by atoms with van der Waals surface area (Å²) in [6.45, 7) is 37.8. The third-order valence-corrected chi connectivity index (χ3v) is 13.9. The Morgan fingerprint density at radius 1 is 0.369 bits per heavy atom. The summed E-state index contributed by atoms with van der Waals surface area (Å²) in [5.74, 6) is -1.98. The highest BCUT2D eigenvalue weighted by Gasteiger charge is 2.28. The summed E-state index contributed by atoms with van der Waals surface area (Å²) in [5, 5.41) is 0. The van der Waals surface area contributed by atoms with Crippen molar-refractivity contribution < 1.29 is 124 Å². The molecule has 2 aromatic carbocycles. The number of ether oxygens (including phenoxy) is 10. The minimum atomic E-state index is -0.707. The van der Waals surface area contributed by atoms with Gasteiger partial charge in [-0.25, -0.2) is 0 Å². The number of rotatable bonds is 36. The first kappa shape index (κ1) is 113. The van der Waals surface area contributed by atoms with Crippen LogP contribution >= 0.6 is 0 Å². The van der Waals surface area contributed by atoms with Crippen molar-refractivity contribution in [3.05, 3.63) is 71.8 Å². The molecule has 0 saturated heterocycles. The lowest BCUT2D eigenvalue weighted by Gasteiger charge is -2.20. The van der Waals surface area contributed by atoms with Crippen LogP contribution in [0.1, 0.15) is 320 Å². The second-order valence-electron chi connectivity index (χ2n) is 25.9. The third-order valence-electron chi connectivity index (χ3n) is 13.9. The Morgan fingerprint density at radius 3 is 1.05 bits per heavy atom. The van der Waals surface area contributed by atoms with Crippen molar-refractivity contribution in [1.82, 2.24) is 0 Å². The quantitative estimate of drug-likeness (QED) is 0.0347. The van der Waals surface area contributed by atoms with Gasteiger partial charge in [0.15, 0.2) is 53.8 Å². The lowest BCUT2D eigenvalue weighted by molar-refractivity contribution is -0.156. The monoisotopic (exact) mass is 1570 g/mol. The Kier molecular flexibility index (Phi) is 79.3. The summed E-state index contributed by atoms with van der Waals surface area (Å²) in [4.78, 5) is 174. The molecule has 2 aliphatic rings. The second kappa shape index (κ2) is 77.9. The highest BCUT2D eigenvalue weighted by Crippen LogP contribution is 2.19. The third kappa shape index (κ3) is 76.3. The van der Waals surface area contributed by atoms with E-state index in [0.29, 0.717) is 120 Å². The number of ketones is 6. The van der Waals surface area contributed by atoms with E-state index in [1.54, 1.807) is 55.5 Å². The van der Waals surface area contributed by atoms with Crippen molar-refractivity contribution in [2.45, 2.75) is 323 Å². The van der Waals surface area contributed by atoms with E-state index >= 15 is 0 Å². The highest BCUT2D eigenvalue weighted by molar-refractivity contribution is 6.00. The van der Waals surface area contributed by atoms with Crippen molar-refractivity contribution >= 4 is 94.4 Å². The molecule has 2 aromatic rings. The molecule has 0 aromatic heterocycles. The van der Waals surface area contributed by atoms with Crippen LogP contribution in [0.3, 0.4) is 0 Å². The first-order chi connectivity index (χ1) is 52.5. The minimum absolute atomic E-state index is 0.0315. The Balaban J connectivity index is -0.000000278. The predicted molar refractivity (Wildman–Crippen MR) is 423 cm³/mol. The summed E-state index contributed by atoms with van der Waals surface area (Å²) >= 11 is 0. The molecule has 0 amide bonds. The molecule has 4 unspecified atom stereocenters. The number of hydrogen-bond donors (Lipinski definition) is 0. The van der Waals surface area contributed by atoms with Gasteiger partial charge in [-0.15, -0.1) is 0 Å². The molecule has 0 N–H and O–H groups in total. The van der Waals surface area contributed by atoms with Gasteiger partial charge in [0.2, 0.25) is 5.78 Å². The molecule has 0 radical (unpaired) electrons. The fraction of sp³-hybridized carbons (Fsp3) is 0.671. The maximum absolute atomic E-state index is 11.8. The Bertz CT molecular complexity index is 2820. The number of Topliss-reactive ketones (excluding diaryl/α,β-unsaturated/α-hetero) is 6. The number of esters is 10. The first-order valence-electron chi connectivity index (χ1n) is 39.5. The van der Waals surface area contributed by atoms with Gasteiger partial charge in [0.05, 0.1) is 31.8 Å². The standard InChI is InChI=1S/C13H16O3.C12H14O3.C10H16O3.C9H14O3.2C7H12O3.3C7H14O2.C6H12O2/c1-3-7-12(14)16-10(2)13(15)11-8-5-4-6-9-11;1-2-6-12(14)15-9-11(13)10-7-4-3-5-8-10;1-2-5-10(12)13-9-7-4-3-6-8(9)11;1-2-4-9(11)12-8-6-3-5-7(8)10;2*1-3-4-7(9)10-5-6(2)8;1-4-9-7(8)5-6(2)3;1-4-5-7(8)9-6(2)3;1-4-6(3)7(8)9-5-2;1-3-5-6(7)8-4-2/h4-6,8-10H,3,7H2,1-2H3;3-5,7-8H,2,6,9H2,1H3;9H,2-7H2,1H3;8H,2-6H2,1H3;2*3-5H2,1-2H3;3*6H,4-5H2,1-3H3;3-5H2,1-2H3. The van der Waals surface area contributed by atoms with E-state index in [0.717, 1.165) is 77.0 Å². The van der Waals surface area contributed by atoms with Crippen molar-refractivity contribution in [2.75, 3.05) is 39.6 Å². The minimum Gasteiger partial charge on any atom is -0.466 e. The topological polar surface area (TPSA) is 365 Å². The Hall–Kier alpha value is -8.84. The molecule has 0 bridgehead atoms. The van der Waals surface area contributed by atoms with E-state index in [4.69, 9.17) is 33.2 Å². The SMILES string of the molecule is CCCC(=O)OC(C)C.CCCC(=O)OC(C)C(=O)c1ccccc1.CCCC(=O)OC1CCCC1=O.CCCC(=O)OC1CCCCC1=O.CCCC(=O)OCC.CCCC(=O)OCC(=O)c1ccccc1.CCCC(=O)OCC(C)=O.CCCC(=O)OCC(C)=O.CCOC(=O)C(C)CC.CCOC(=O)CC(C)C. The van der Waals surface area contributed by atoms with E-state index in [2.05, 4.69) is 14.2 Å². The van der Waals surface area contributed by atoms with Crippen molar-refractivity contribution in [3.63, 3.8) is 0 Å². The zero-order valence-electron chi connectivity index (χ0n) is 70.8. The second-order valence-corrected chi connectivity index (χ2v) is 25.9. The van der Waals surface area contributed by atoms with Gasteiger partial charge in [-0.05, 0) is 151 Å². The van der Waals surface area contributed by atoms with E-state index in [1.165, 1.54) is 13.8 Å². The molecule has 2 saturated carbocycles. The molecule has 2 fully saturated rings. The fourth-order valence-electron chi connectivity index (χ4n) is 8.19. The summed E-state index contributed by atoms with van der Waals surface area (Å²) in [6, 6.07) is 17.6. The molecule has 2 aliphatic carbocycles. The molecule has 4 rings (SSSR count). The highest BCUT2D eigenvalue weighted by atomic mass is 16.6. The molecule has 0 aliphatic heterocycles. The fourth-order valence-corrected chi connectivity index (χ4v) is 8.19. The lowest BCUT2D eigenvalue weighted by atomic mass is 9.96.